The molecule has 1 fully saturated rings. The monoisotopic (exact) mass is 486 g/mol. The van der Waals surface area contributed by atoms with Crippen molar-refractivity contribution in [3.8, 4) is 17.5 Å². The van der Waals surface area contributed by atoms with Crippen LogP contribution in [-0.2, 0) is 13.1 Å². The minimum Gasteiger partial charge on any atom is -0.341 e. The lowest BCUT2D eigenvalue weighted by atomic mass is 10.1. The van der Waals surface area contributed by atoms with Crippen LogP contribution in [0.2, 0.25) is 0 Å². The summed E-state index contributed by atoms with van der Waals surface area (Å²) in [6, 6.07) is 14.9. The molecule has 3 heterocycles. The lowest BCUT2D eigenvalue weighted by molar-refractivity contribution is 0.496. The number of nitrogens with two attached hydrogens (primary N) is 1. The summed E-state index contributed by atoms with van der Waals surface area (Å²) in [5.41, 5.74) is 7.05. The molecule has 8 nitrogen and oxygen atoms in total. The zero-order valence-corrected chi connectivity index (χ0v) is 20.0. The first-order chi connectivity index (χ1) is 17.5. The average molecular weight is 487 g/mol. The summed E-state index contributed by atoms with van der Waals surface area (Å²) in [5, 5.41) is 0. The molecule has 0 radical (unpaired) electrons. The molecule has 2 N–H and O–H groups in total. The molecule has 0 bridgehead atoms. The number of nitrogens with zero attached hydrogens (tertiary/aromatic N) is 5. The number of anilines is 1. The van der Waals surface area contributed by atoms with Crippen molar-refractivity contribution >= 4 is 17.1 Å². The van der Waals surface area contributed by atoms with Gasteiger partial charge in [0.15, 0.2) is 11.2 Å². The molecule has 1 aliphatic heterocycles. The van der Waals surface area contributed by atoms with Crippen molar-refractivity contribution in [2.45, 2.75) is 38.9 Å². The molecule has 184 valence electrons. The largest absolute Gasteiger partial charge is 0.341 e. The highest BCUT2D eigenvalue weighted by molar-refractivity contribution is 5.76. The van der Waals surface area contributed by atoms with Gasteiger partial charge in [-0.25, -0.2) is 13.8 Å². The van der Waals surface area contributed by atoms with Gasteiger partial charge in [0.25, 0.3) is 5.56 Å². The van der Waals surface area contributed by atoms with Gasteiger partial charge in [0, 0.05) is 19.1 Å². The number of hydrogen-bond donors (Lipinski definition) is 1. The summed E-state index contributed by atoms with van der Waals surface area (Å²) in [4.78, 5) is 34.6. The van der Waals surface area contributed by atoms with Crippen LogP contribution in [0.15, 0.2) is 64.2 Å². The molecule has 2 aromatic heterocycles. The van der Waals surface area contributed by atoms with Crippen LogP contribution in [-0.4, -0.2) is 37.8 Å². The van der Waals surface area contributed by atoms with E-state index in [2.05, 4.69) is 16.7 Å². The minimum absolute atomic E-state index is 0.00396. The number of rotatable bonds is 5. The maximum Gasteiger partial charge on any atom is 0.337 e. The second kappa shape index (κ2) is 9.84. The van der Waals surface area contributed by atoms with Crippen LogP contribution in [0.3, 0.4) is 0 Å². The van der Waals surface area contributed by atoms with E-state index in [9.17, 15) is 14.0 Å². The molecule has 1 aliphatic rings. The molecule has 0 amide bonds. The van der Waals surface area contributed by atoms with Crippen molar-refractivity contribution in [3.05, 3.63) is 86.8 Å². The first-order valence-electron chi connectivity index (χ1n) is 11.9. The number of piperidine rings is 1. The third-order valence-electron chi connectivity index (χ3n) is 6.43. The molecule has 2 aromatic carbocycles. The molecular formula is C27H27FN6O2. The lowest BCUT2D eigenvalue weighted by Crippen LogP contribution is -2.44. The number of aromatic nitrogens is 4. The Hall–Kier alpha value is -4.16. The zero-order chi connectivity index (χ0) is 25.2. The highest BCUT2D eigenvalue weighted by atomic mass is 19.1. The van der Waals surface area contributed by atoms with Crippen LogP contribution < -0.4 is 21.9 Å². The summed E-state index contributed by atoms with van der Waals surface area (Å²) in [5.74, 6) is 6.13. The highest BCUT2D eigenvalue weighted by Gasteiger charge is 2.27. The van der Waals surface area contributed by atoms with Gasteiger partial charge in [-0.15, -0.1) is 5.92 Å². The molecule has 1 saturated heterocycles. The maximum atomic E-state index is 13.9. The van der Waals surface area contributed by atoms with E-state index in [1.165, 1.54) is 21.3 Å². The van der Waals surface area contributed by atoms with Gasteiger partial charge >= 0.3 is 5.69 Å². The molecule has 36 heavy (non-hydrogen) atoms. The third kappa shape index (κ3) is 4.32. The lowest BCUT2D eigenvalue weighted by Gasteiger charge is -2.31. The van der Waals surface area contributed by atoms with Crippen molar-refractivity contribution in [3.63, 3.8) is 0 Å². The summed E-state index contributed by atoms with van der Waals surface area (Å²) in [6.07, 6.45) is 1.83. The van der Waals surface area contributed by atoms with Crippen molar-refractivity contribution < 1.29 is 4.39 Å². The van der Waals surface area contributed by atoms with Crippen LogP contribution in [0, 0.1) is 17.7 Å². The SMILES string of the molecule is CC#CCn1c(N2CCC[C@@H](N)C2)nc2c1c(=O)n(Cc1ccc(F)cc1)c(=O)n2-c1ccccc1. The van der Waals surface area contributed by atoms with Crippen LogP contribution in [0.1, 0.15) is 25.3 Å². The second-order valence-corrected chi connectivity index (χ2v) is 8.92. The Kier molecular flexibility index (Phi) is 6.44. The fourth-order valence-corrected chi connectivity index (χ4v) is 4.68. The fraction of sp³-hybridized carbons (Fsp3) is 0.296. The maximum absolute atomic E-state index is 13.9. The predicted molar refractivity (Wildman–Crippen MR) is 138 cm³/mol. The number of halogens is 1. The summed E-state index contributed by atoms with van der Waals surface area (Å²) < 4.78 is 17.9. The standard InChI is InChI=1S/C27H27FN6O2/c1-2-3-16-32-23-24(30-26(32)31-15-7-8-21(29)18-31)34(22-9-5-4-6-10-22)27(36)33(25(23)35)17-19-11-13-20(28)14-12-19/h4-6,9-14,21H,7-8,15-18,29H2,1H3/t21-/m1/s1. The van der Waals surface area contributed by atoms with Crippen LogP contribution in [0.25, 0.3) is 16.9 Å². The molecule has 1 atom stereocenters. The van der Waals surface area contributed by atoms with E-state index in [1.807, 2.05) is 18.2 Å². The van der Waals surface area contributed by atoms with Crippen LogP contribution in [0.5, 0.6) is 0 Å². The van der Waals surface area contributed by atoms with Gasteiger partial charge < -0.3 is 10.6 Å². The van der Waals surface area contributed by atoms with Gasteiger partial charge in [-0.05, 0) is 49.6 Å². The molecule has 0 spiro atoms. The van der Waals surface area contributed by atoms with E-state index >= 15 is 0 Å². The molecular weight excluding hydrogens is 459 g/mol. The van der Waals surface area contributed by atoms with E-state index in [0.29, 0.717) is 23.7 Å². The smallest absolute Gasteiger partial charge is 0.337 e. The molecule has 5 rings (SSSR count). The summed E-state index contributed by atoms with van der Waals surface area (Å²) >= 11 is 0. The van der Waals surface area contributed by atoms with Gasteiger partial charge in [0.2, 0.25) is 5.95 Å². The summed E-state index contributed by atoms with van der Waals surface area (Å²) in [7, 11) is 0. The van der Waals surface area contributed by atoms with Crippen LogP contribution in [0.4, 0.5) is 10.3 Å². The topological polar surface area (TPSA) is 91.1 Å². The normalized spacial score (nSPS) is 15.6. The Morgan fingerprint density at radius 3 is 2.53 bits per heavy atom. The quantitative estimate of drug-likeness (QED) is 0.438. The number of benzene rings is 2. The Bertz CT molecular complexity index is 1580. The van der Waals surface area contributed by atoms with Crippen LogP contribution >= 0.6 is 0 Å². The average Bonchev–Trinajstić information content (AvgIpc) is 3.26. The first kappa shape index (κ1) is 23.6. The zero-order valence-electron chi connectivity index (χ0n) is 20.0. The Morgan fingerprint density at radius 2 is 1.83 bits per heavy atom. The predicted octanol–water partition coefficient (Wildman–Crippen LogP) is 2.49. The number of para-hydroxylation sites is 1. The van der Waals surface area contributed by atoms with E-state index in [-0.39, 0.29) is 36.1 Å². The van der Waals surface area contributed by atoms with Crippen molar-refractivity contribution in [1.29, 1.82) is 0 Å². The van der Waals surface area contributed by atoms with Gasteiger partial charge in [-0.3, -0.25) is 13.9 Å². The summed E-state index contributed by atoms with van der Waals surface area (Å²) in [6.45, 7) is 3.32. The minimum atomic E-state index is -0.517. The molecule has 9 heteroatoms. The Labute approximate surface area is 207 Å². The third-order valence-corrected chi connectivity index (χ3v) is 6.43. The number of fused-ring (bicyclic) bond motifs is 1. The first-order valence-corrected chi connectivity index (χ1v) is 11.9. The van der Waals surface area contributed by atoms with E-state index < -0.39 is 11.2 Å². The van der Waals surface area contributed by atoms with E-state index in [4.69, 9.17) is 10.7 Å². The molecule has 4 aromatic rings. The molecule has 0 aliphatic carbocycles. The number of hydrogen-bond acceptors (Lipinski definition) is 5. The van der Waals surface area contributed by atoms with Crippen molar-refractivity contribution in [2.75, 3.05) is 18.0 Å². The second-order valence-electron chi connectivity index (χ2n) is 8.92. The Morgan fingerprint density at radius 1 is 1.08 bits per heavy atom. The number of imidazole rings is 1. The van der Waals surface area contributed by atoms with Gasteiger partial charge in [-0.1, -0.05) is 36.3 Å². The van der Waals surface area contributed by atoms with Crippen molar-refractivity contribution in [1.82, 2.24) is 18.7 Å². The van der Waals surface area contributed by atoms with Gasteiger partial charge in [-0.2, -0.15) is 4.98 Å². The van der Waals surface area contributed by atoms with E-state index in [0.717, 1.165) is 19.4 Å². The van der Waals surface area contributed by atoms with Gasteiger partial charge in [0.05, 0.1) is 18.8 Å². The van der Waals surface area contributed by atoms with Gasteiger partial charge in [0.1, 0.15) is 5.82 Å². The highest BCUT2D eigenvalue weighted by Crippen LogP contribution is 2.24. The van der Waals surface area contributed by atoms with E-state index in [1.54, 1.807) is 35.8 Å². The Balaban J connectivity index is 1.81. The molecule has 0 saturated carbocycles. The molecule has 0 unspecified atom stereocenters. The fourth-order valence-electron chi connectivity index (χ4n) is 4.68. The van der Waals surface area contributed by atoms with Crippen molar-refractivity contribution in [2.24, 2.45) is 5.73 Å².